The number of hydrogen-bond acceptors (Lipinski definition) is 0. The molecule has 0 aliphatic rings. The largest absolute Gasteiger partial charge is 0.204 e. The van der Waals surface area contributed by atoms with E-state index in [9.17, 15) is 13.2 Å². The van der Waals surface area contributed by atoms with Gasteiger partial charge in [-0.05, 0) is 10.8 Å². The molecule has 0 fully saturated rings. The van der Waals surface area contributed by atoms with Gasteiger partial charge in [0.2, 0.25) is 0 Å². The Bertz CT molecular complexity index is 462. The molecule has 2 aromatic carbocycles. The van der Waals surface area contributed by atoms with Crippen LogP contribution in [0.4, 0.5) is 13.2 Å². The van der Waals surface area contributed by atoms with E-state index in [4.69, 9.17) is 0 Å². The number of benzene rings is 2. The molecule has 0 unspecified atom stereocenters. The second-order valence-electron chi connectivity index (χ2n) is 3.11. The van der Waals surface area contributed by atoms with Crippen LogP contribution in [0.3, 0.4) is 0 Å². The van der Waals surface area contributed by atoms with Crippen molar-refractivity contribution in [3.63, 3.8) is 0 Å². The second-order valence-corrected chi connectivity index (χ2v) is 3.11. The molecule has 0 aliphatic carbocycles. The van der Waals surface area contributed by atoms with Gasteiger partial charge < -0.3 is 0 Å². The summed E-state index contributed by atoms with van der Waals surface area (Å²) in [6.45, 7) is 0. The van der Waals surface area contributed by atoms with Crippen LogP contribution in [-0.4, -0.2) is 7.85 Å². The molecule has 2 aromatic rings. The molecule has 0 bridgehead atoms. The Kier molecular flexibility index (Phi) is 1.99. The van der Waals surface area contributed by atoms with Crippen LogP contribution in [0.5, 0.6) is 0 Å². The van der Waals surface area contributed by atoms with Crippen LogP contribution >= 0.6 is 0 Å². The lowest BCUT2D eigenvalue weighted by atomic mass is 9.89. The van der Waals surface area contributed by atoms with Crippen molar-refractivity contribution in [1.29, 1.82) is 0 Å². The molecule has 0 heterocycles. The zero-order valence-corrected chi connectivity index (χ0v) is 7.44. The van der Waals surface area contributed by atoms with Crippen molar-refractivity contribution < 1.29 is 13.2 Å². The molecular formula is C10H6BF3. The molecule has 2 rings (SSSR count). The summed E-state index contributed by atoms with van der Waals surface area (Å²) in [5.74, 6) is -3.63. The van der Waals surface area contributed by atoms with Crippen LogP contribution in [-0.2, 0) is 0 Å². The topological polar surface area (TPSA) is 0 Å². The van der Waals surface area contributed by atoms with Gasteiger partial charge in [0.1, 0.15) is 7.85 Å². The number of fused-ring (bicyclic) bond motifs is 1. The van der Waals surface area contributed by atoms with Gasteiger partial charge in [-0.15, -0.1) is 0 Å². The third-order valence-corrected chi connectivity index (χ3v) is 2.28. The minimum Gasteiger partial charge on any atom is -0.204 e. The molecule has 0 aliphatic heterocycles. The maximum absolute atomic E-state index is 13.2. The van der Waals surface area contributed by atoms with Crippen LogP contribution < -0.4 is 5.46 Å². The lowest BCUT2D eigenvalue weighted by Gasteiger charge is -2.06. The van der Waals surface area contributed by atoms with E-state index in [0.717, 1.165) is 0 Å². The summed E-state index contributed by atoms with van der Waals surface area (Å²) in [6, 6.07) is 6.24. The average molecular weight is 194 g/mol. The number of rotatable bonds is 0. The predicted octanol–water partition coefficient (Wildman–Crippen LogP) is 1.52. The van der Waals surface area contributed by atoms with Gasteiger partial charge in [0.15, 0.2) is 17.5 Å². The maximum atomic E-state index is 13.2. The normalized spacial score (nSPS) is 10.8. The highest BCUT2D eigenvalue weighted by Gasteiger charge is 2.16. The fraction of sp³-hybridized carbons (Fsp3) is 0. The van der Waals surface area contributed by atoms with E-state index in [-0.39, 0.29) is 10.8 Å². The van der Waals surface area contributed by atoms with E-state index in [1.807, 2.05) is 0 Å². The van der Waals surface area contributed by atoms with E-state index in [1.165, 1.54) is 13.9 Å². The first-order valence-electron chi connectivity index (χ1n) is 4.14. The molecule has 70 valence electrons. The van der Waals surface area contributed by atoms with E-state index in [1.54, 1.807) is 18.2 Å². The van der Waals surface area contributed by atoms with Crippen molar-refractivity contribution in [3.8, 4) is 0 Å². The van der Waals surface area contributed by atoms with Crippen LogP contribution in [0.2, 0.25) is 0 Å². The Labute approximate surface area is 79.8 Å². The highest BCUT2D eigenvalue weighted by atomic mass is 19.2. The van der Waals surface area contributed by atoms with Gasteiger partial charge in [0.05, 0.1) is 0 Å². The minimum atomic E-state index is -1.40. The van der Waals surface area contributed by atoms with Crippen molar-refractivity contribution >= 4 is 24.1 Å². The van der Waals surface area contributed by atoms with Crippen LogP contribution in [0, 0.1) is 17.5 Å². The first kappa shape index (κ1) is 9.12. The molecule has 0 N–H and O–H groups in total. The van der Waals surface area contributed by atoms with Crippen molar-refractivity contribution in [2.45, 2.75) is 0 Å². The highest BCUT2D eigenvalue weighted by molar-refractivity contribution is 6.39. The summed E-state index contributed by atoms with van der Waals surface area (Å²) in [6.07, 6.45) is 0. The van der Waals surface area contributed by atoms with E-state index in [0.29, 0.717) is 5.39 Å². The van der Waals surface area contributed by atoms with Gasteiger partial charge in [0.25, 0.3) is 0 Å². The third kappa shape index (κ3) is 1.10. The minimum absolute atomic E-state index is 0.115. The molecule has 0 saturated heterocycles. The maximum Gasteiger partial charge on any atom is 0.194 e. The lowest BCUT2D eigenvalue weighted by molar-refractivity contribution is 0.457. The van der Waals surface area contributed by atoms with Gasteiger partial charge in [-0.2, -0.15) is 0 Å². The summed E-state index contributed by atoms with van der Waals surface area (Å²) >= 11 is 0. The molecule has 14 heavy (non-hydrogen) atoms. The van der Waals surface area contributed by atoms with Crippen molar-refractivity contribution in [1.82, 2.24) is 0 Å². The smallest absolute Gasteiger partial charge is 0.194 e. The SMILES string of the molecule is Bc1c(F)c(F)c(F)c2ccccc12. The third-order valence-electron chi connectivity index (χ3n) is 2.28. The Morgan fingerprint density at radius 2 is 1.36 bits per heavy atom. The Balaban J connectivity index is 3.02. The summed E-state index contributed by atoms with van der Waals surface area (Å²) in [4.78, 5) is 0. The molecule has 0 spiro atoms. The zero-order chi connectivity index (χ0) is 10.3. The Morgan fingerprint density at radius 1 is 0.786 bits per heavy atom. The van der Waals surface area contributed by atoms with Gasteiger partial charge >= 0.3 is 0 Å². The molecular weight excluding hydrogens is 188 g/mol. The van der Waals surface area contributed by atoms with Crippen LogP contribution in [0.1, 0.15) is 0 Å². The van der Waals surface area contributed by atoms with Crippen LogP contribution in [0.25, 0.3) is 10.8 Å². The summed E-state index contributed by atoms with van der Waals surface area (Å²) in [7, 11) is 1.43. The second kappa shape index (κ2) is 3.05. The predicted molar refractivity (Wildman–Crippen MR) is 52.0 cm³/mol. The van der Waals surface area contributed by atoms with Gasteiger partial charge in [-0.1, -0.05) is 24.3 Å². The fourth-order valence-electron chi connectivity index (χ4n) is 1.50. The molecule has 0 nitrogen and oxygen atoms in total. The average Bonchev–Trinajstić information content (AvgIpc) is 2.23. The zero-order valence-electron chi connectivity index (χ0n) is 7.44. The van der Waals surface area contributed by atoms with Crippen molar-refractivity contribution in [2.75, 3.05) is 0 Å². The molecule has 4 heteroatoms. The van der Waals surface area contributed by atoms with Gasteiger partial charge in [0, 0.05) is 5.39 Å². The van der Waals surface area contributed by atoms with Crippen molar-refractivity contribution in [3.05, 3.63) is 41.7 Å². The highest BCUT2D eigenvalue weighted by Crippen LogP contribution is 2.20. The first-order chi connectivity index (χ1) is 6.63. The molecule has 0 saturated carbocycles. The lowest BCUT2D eigenvalue weighted by Crippen LogP contribution is -2.14. The number of hydrogen-bond donors (Lipinski definition) is 0. The summed E-state index contributed by atoms with van der Waals surface area (Å²) in [5, 5.41) is 0.521. The standard InChI is InChI=1S/C10H6BF3/c11-7-5-3-1-2-4-6(5)8(12)10(14)9(7)13/h1-4H,11H2. The summed E-state index contributed by atoms with van der Waals surface area (Å²) < 4.78 is 39.3. The molecule has 0 atom stereocenters. The van der Waals surface area contributed by atoms with E-state index >= 15 is 0 Å². The Hall–Kier alpha value is -1.45. The molecule has 0 radical (unpaired) electrons. The molecule has 0 amide bonds. The van der Waals surface area contributed by atoms with Gasteiger partial charge in [-0.25, -0.2) is 13.2 Å². The molecule has 0 aromatic heterocycles. The Morgan fingerprint density at radius 3 is 2.00 bits per heavy atom. The number of halogens is 3. The quantitative estimate of drug-likeness (QED) is 0.440. The summed E-state index contributed by atoms with van der Waals surface area (Å²) in [5.41, 5.74) is 0.138. The van der Waals surface area contributed by atoms with E-state index in [2.05, 4.69) is 0 Å². The van der Waals surface area contributed by atoms with Crippen LogP contribution in [0.15, 0.2) is 24.3 Å². The van der Waals surface area contributed by atoms with Crippen molar-refractivity contribution in [2.24, 2.45) is 0 Å². The first-order valence-corrected chi connectivity index (χ1v) is 4.14. The monoisotopic (exact) mass is 194 g/mol. The van der Waals surface area contributed by atoms with Gasteiger partial charge in [-0.3, -0.25) is 0 Å². The fourth-order valence-corrected chi connectivity index (χ4v) is 1.50. The van der Waals surface area contributed by atoms with E-state index < -0.39 is 17.5 Å².